The molecule has 0 bridgehead atoms. The Bertz CT molecular complexity index is 479. The van der Waals surface area contributed by atoms with Crippen molar-refractivity contribution in [3.05, 3.63) is 11.3 Å². The highest BCUT2D eigenvalue weighted by atomic mass is 16.5. The van der Waals surface area contributed by atoms with E-state index in [1.165, 1.54) is 0 Å². The van der Waals surface area contributed by atoms with E-state index in [4.69, 9.17) is 9.47 Å². The molecule has 2 heterocycles. The smallest absolute Gasteiger partial charge is 0.216 e. The van der Waals surface area contributed by atoms with Crippen LogP contribution in [0.25, 0.3) is 0 Å². The van der Waals surface area contributed by atoms with E-state index >= 15 is 0 Å². The maximum absolute atomic E-state index is 5.80. The molecule has 6 heteroatoms. The first-order valence-electron chi connectivity index (χ1n) is 8.09. The zero-order valence-electron chi connectivity index (χ0n) is 14.7. The lowest BCUT2D eigenvalue weighted by Gasteiger charge is -2.39. The van der Waals surface area contributed by atoms with E-state index in [-0.39, 0.29) is 0 Å². The molecule has 1 saturated heterocycles. The topological polar surface area (TPSA) is 51.6 Å². The van der Waals surface area contributed by atoms with Gasteiger partial charge in [-0.05, 0) is 27.7 Å². The highest BCUT2D eigenvalue weighted by Crippen LogP contribution is 2.20. The minimum atomic E-state index is 0.312. The van der Waals surface area contributed by atoms with E-state index in [2.05, 4.69) is 36.1 Å². The first-order valence-corrected chi connectivity index (χ1v) is 8.09. The Balaban J connectivity index is 1.86. The fourth-order valence-corrected chi connectivity index (χ4v) is 3.25. The second-order valence-corrected chi connectivity index (χ2v) is 6.39. The predicted molar refractivity (Wildman–Crippen MR) is 87.2 cm³/mol. The van der Waals surface area contributed by atoms with Crippen molar-refractivity contribution in [2.75, 3.05) is 26.7 Å². The van der Waals surface area contributed by atoms with Gasteiger partial charge in [0.05, 0.1) is 30.6 Å². The number of ether oxygens (including phenoxy) is 2. The van der Waals surface area contributed by atoms with Crippen molar-refractivity contribution in [1.82, 2.24) is 20.0 Å². The summed E-state index contributed by atoms with van der Waals surface area (Å²) in [5.74, 6) is 0.839. The fraction of sp³-hybridized carbons (Fsp3) is 0.812. The summed E-state index contributed by atoms with van der Waals surface area (Å²) in [5.41, 5.74) is 2.16. The minimum Gasteiger partial charge on any atom is -0.481 e. The van der Waals surface area contributed by atoms with Gasteiger partial charge in [0.1, 0.15) is 0 Å². The monoisotopic (exact) mass is 310 g/mol. The summed E-state index contributed by atoms with van der Waals surface area (Å²) in [6.07, 6.45) is 0.624. The maximum atomic E-state index is 5.80. The lowest BCUT2D eigenvalue weighted by atomic mass is 10.1. The van der Waals surface area contributed by atoms with E-state index < -0.39 is 0 Å². The zero-order chi connectivity index (χ0) is 16.3. The van der Waals surface area contributed by atoms with Crippen LogP contribution < -0.4 is 10.1 Å². The largest absolute Gasteiger partial charge is 0.481 e. The summed E-state index contributed by atoms with van der Waals surface area (Å²) < 4.78 is 13.0. The van der Waals surface area contributed by atoms with Crippen LogP contribution in [-0.4, -0.2) is 59.7 Å². The van der Waals surface area contributed by atoms with Crippen LogP contribution in [0.15, 0.2) is 0 Å². The molecule has 0 radical (unpaired) electrons. The zero-order valence-corrected chi connectivity index (χ0v) is 14.7. The molecule has 22 heavy (non-hydrogen) atoms. The molecule has 1 N–H and O–H groups in total. The summed E-state index contributed by atoms with van der Waals surface area (Å²) in [6.45, 7) is 12.3. The Labute approximate surface area is 133 Å². The number of hydrogen-bond acceptors (Lipinski definition) is 5. The second kappa shape index (κ2) is 7.44. The summed E-state index contributed by atoms with van der Waals surface area (Å²) in [4.78, 5) is 2.50. The van der Waals surface area contributed by atoms with Gasteiger partial charge in [0.2, 0.25) is 5.88 Å². The standard InChI is InChI=1S/C16H30N4O2/c1-11(20-9-12(2)22-13(3)10-20)7-17-8-15-14(4)18-19(5)16(15)21-6/h11-13,17H,7-10H2,1-6H3/t11-,12-,13+/m0/s1. The Kier molecular flexibility index (Phi) is 5.83. The number of hydrogen-bond donors (Lipinski definition) is 1. The normalized spacial score (nSPS) is 24.5. The molecule has 0 unspecified atom stereocenters. The second-order valence-electron chi connectivity index (χ2n) is 6.39. The third-order valence-corrected chi connectivity index (χ3v) is 4.29. The molecule has 3 atom stereocenters. The quantitative estimate of drug-likeness (QED) is 0.859. The van der Waals surface area contributed by atoms with Gasteiger partial charge in [-0.25, -0.2) is 4.68 Å². The van der Waals surface area contributed by atoms with E-state index in [0.717, 1.165) is 43.3 Å². The van der Waals surface area contributed by atoms with Crippen LogP contribution in [0.4, 0.5) is 0 Å². The number of aromatic nitrogens is 2. The number of nitrogens with zero attached hydrogens (tertiary/aromatic N) is 3. The Hall–Kier alpha value is -1.11. The van der Waals surface area contributed by atoms with Gasteiger partial charge in [0.15, 0.2) is 0 Å². The van der Waals surface area contributed by atoms with E-state index in [1.54, 1.807) is 11.8 Å². The van der Waals surface area contributed by atoms with Crippen molar-refractivity contribution in [3.8, 4) is 5.88 Å². The number of methoxy groups -OCH3 is 1. The van der Waals surface area contributed by atoms with Crippen molar-refractivity contribution in [2.24, 2.45) is 7.05 Å². The van der Waals surface area contributed by atoms with Gasteiger partial charge in [-0.2, -0.15) is 5.10 Å². The van der Waals surface area contributed by atoms with E-state index in [9.17, 15) is 0 Å². The van der Waals surface area contributed by atoms with Crippen LogP contribution in [0, 0.1) is 6.92 Å². The van der Waals surface area contributed by atoms with Gasteiger partial charge < -0.3 is 14.8 Å². The highest BCUT2D eigenvalue weighted by Gasteiger charge is 2.25. The molecule has 0 aliphatic carbocycles. The van der Waals surface area contributed by atoms with Crippen LogP contribution in [0.2, 0.25) is 0 Å². The molecule has 126 valence electrons. The van der Waals surface area contributed by atoms with Crippen molar-refractivity contribution in [1.29, 1.82) is 0 Å². The Morgan fingerprint density at radius 2 is 2.00 bits per heavy atom. The average molecular weight is 310 g/mol. The molecule has 0 spiro atoms. The molecule has 2 rings (SSSR count). The number of aryl methyl sites for hydroxylation is 2. The summed E-state index contributed by atoms with van der Waals surface area (Å²) in [6, 6.07) is 0.483. The SMILES string of the molecule is COc1c(CNC[C@H](C)N2C[C@@H](C)O[C@@H](C)C2)c(C)nn1C. The van der Waals surface area contributed by atoms with Gasteiger partial charge in [-0.15, -0.1) is 0 Å². The molecule has 1 aromatic heterocycles. The maximum Gasteiger partial charge on any atom is 0.216 e. The van der Waals surface area contributed by atoms with Gasteiger partial charge in [0, 0.05) is 39.3 Å². The molecular formula is C16H30N4O2. The third kappa shape index (κ3) is 4.00. The molecule has 1 aliphatic heterocycles. The molecule has 1 aliphatic rings. The highest BCUT2D eigenvalue weighted by molar-refractivity contribution is 5.30. The molecule has 1 fully saturated rings. The van der Waals surface area contributed by atoms with Crippen LogP contribution >= 0.6 is 0 Å². The molecule has 0 amide bonds. The van der Waals surface area contributed by atoms with E-state index in [0.29, 0.717) is 18.2 Å². The molecule has 1 aromatic rings. The Morgan fingerprint density at radius 1 is 1.36 bits per heavy atom. The van der Waals surface area contributed by atoms with Crippen LogP contribution in [0.5, 0.6) is 5.88 Å². The van der Waals surface area contributed by atoms with Gasteiger partial charge in [0.25, 0.3) is 0 Å². The van der Waals surface area contributed by atoms with Crippen molar-refractivity contribution in [2.45, 2.75) is 52.5 Å². The van der Waals surface area contributed by atoms with Gasteiger partial charge >= 0.3 is 0 Å². The number of morpholine rings is 1. The first kappa shape index (κ1) is 17.2. The Morgan fingerprint density at radius 3 is 2.59 bits per heavy atom. The molecule has 0 saturated carbocycles. The summed E-state index contributed by atoms with van der Waals surface area (Å²) >= 11 is 0. The van der Waals surface area contributed by atoms with Crippen LogP contribution in [-0.2, 0) is 18.3 Å². The summed E-state index contributed by atoms with van der Waals surface area (Å²) in [5, 5.41) is 7.96. The third-order valence-electron chi connectivity index (χ3n) is 4.29. The summed E-state index contributed by atoms with van der Waals surface area (Å²) in [7, 11) is 3.60. The minimum absolute atomic E-state index is 0.312. The van der Waals surface area contributed by atoms with E-state index in [1.807, 2.05) is 14.0 Å². The van der Waals surface area contributed by atoms with Crippen LogP contribution in [0.1, 0.15) is 32.0 Å². The average Bonchev–Trinajstić information content (AvgIpc) is 2.71. The van der Waals surface area contributed by atoms with Gasteiger partial charge in [-0.3, -0.25) is 4.90 Å². The fourth-order valence-electron chi connectivity index (χ4n) is 3.25. The number of rotatable bonds is 6. The van der Waals surface area contributed by atoms with Crippen molar-refractivity contribution < 1.29 is 9.47 Å². The number of nitrogens with one attached hydrogen (secondary N) is 1. The lowest BCUT2D eigenvalue weighted by molar-refractivity contribution is -0.0781. The lowest BCUT2D eigenvalue weighted by Crippen LogP contribution is -2.51. The van der Waals surface area contributed by atoms with Crippen LogP contribution in [0.3, 0.4) is 0 Å². The van der Waals surface area contributed by atoms with Crippen molar-refractivity contribution in [3.63, 3.8) is 0 Å². The van der Waals surface area contributed by atoms with Gasteiger partial charge in [-0.1, -0.05) is 0 Å². The molecule has 6 nitrogen and oxygen atoms in total. The molecule has 0 aromatic carbocycles. The predicted octanol–water partition coefficient (Wildman–Crippen LogP) is 1.32. The van der Waals surface area contributed by atoms with Crippen molar-refractivity contribution >= 4 is 0 Å². The molecular weight excluding hydrogens is 280 g/mol. The first-order chi connectivity index (χ1) is 10.4.